The summed E-state index contributed by atoms with van der Waals surface area (Å²) in [6.45, 7) is 12.0. The first-order valence-electron chi connectivity index (χ1n) is 12.9. The van der Waals surface area contributed by atoms with Gasteiger partial charge in [0, 0.05) is 6.20 Å². The van der Waals surface area contributed by atoms with Crippen molar-refractivity contribution in [3.05, 3.63) is 36.0 Å². The van der Waals surface area contributed by atoms with Crippen LogP contribution in [-0.4, -0.2) is 60.9 Å². The number of amides is 3. The molecule has 0 saturated heterocycles. The van der Waals surface area contributed by atoms with E-state index < -0.39 is 30.1 Å². The Morgan fingerprint density at radius 1 is 1.00 bits per heavy atom. The maximum atomic E-state index is 13.7. The Labute approximate surface area is 216 Å². The number of likely N-dealkylation sites (N-methyl/N-ethyl adjacent to an activating group) is 1. The zero-order valence-electron chi connectivity index (χ0n) is 23.0. The minimum atomic E-state index is -0.993. The van der Waals surface area contributed by atoms with Crippen molar-refractivity contribution in [1.29, 1.82) is 0 Å². The Hall–Kier alpha value is -2.87. The van der Waals surface area contributed by atoms with Crippen LogP contribution in [0.1, 0.15) is 59.9 Å². The third-order valence-corrected chi connectivity index (χ3v) is 6.18. The molecule has 0 aromatic heterocycles. The SMILES string of the molecule is CC(C)C[C@@H]1NC(=O)[C@H](NC(=O)[C@H](CC(C)C)N(C)C)[C@H](C(C)C)Oc2ccc(cc2)/C=C\NC1=O. The summed E-state index contributed by atoms with van der Waals surface area (Å²) < 4.78 is 6.31. The van der Waals surface area contributed by atoms with Gasteiger partial charge in [-0.1, -0.05) is 53.7 Å². The van der Waals surface area contributed by atoms with Gasteiger partial charge in [-0.05, 0) is 68.5 Å². The third kappa shape index (κ3) is 8.66. The molecule has 3 rings (SSSR count). The molecule has 0 fully saturated rings. The molecule has 1 aromatic rings. The van der Waals surface area contributed by atoms with E-state index in [1.807, 2.05) is 71.0 Å². The molecule has 2 heterocycles. The molecule has 0 spiro atoms. The zero-order chi connectivity index (χ0) is 27.0. The van der Waals surface area contributed by atoms with Gasteiger partial charge in [-0.25, -0.2) is 0 Å². The number of carbonyl (C=O) groups excluding carboxylic acids is 3. The number of nitrogens with zero attached hydrogens (tertiary/aromatic N) is 1. The van der Waals surface area contributed by atoms with E-state index in [0.717, 1.165) is 5.56 Å². The number of benzene rings is 1. The molecule has 2 aliphatic rings. The Kier molecular flexibility index (Phi) is 11.0. The summed E-state index contributed by atoms with van der Waals surface area (Å²) in [4.78, 5) is 42.0. The number of carbonyl (C=O) groups is 3. The third-order valence-electron chi connectivity index (χ3n) is 6.18. The maximum Gasteiger partial charge on any atom is 0.247 e. The van der Waals surface area contributed by atoms with Crippen LogP contribution < -0.4 is 20.7 Å². The number of hydrogen-bond acceptors (Lipinski definition) is 5. The lowest BCUT2D eigenvalue weighted by atomic mass is 9.95. The van der Waals surface area contributed by atoms with Gasteiger partial charge >= 0.3 is 0 Å². The minimum absolute atomic E-state index is 0.103. The second kappa shape index (κ2) is 13.4. The summed E-state index contributed by atoms with van der Waals surface area (Å²) in [5.41, 5.74) is 0.901. The van der Waals surface area contributed by atoms with E-state index in [2.05, 4.69) is 29.8 Å². The van der Waals surface area contributed by atoms with Gasteiger partial charge in [-0.2, -0.15) is 0 Å². The van der Waals surface area contributed by atoms with Gasteiger partial charge in [-0.3, -0.25) is 19.3 Å². The lowest BCUT2D eigenvalue weighted by Gasteiger charge is -2.34. The molecule has 0 unspecified atom stereocenters. The van der Waals surface area contributed by atoms with E-state index in [-0.39, 0.29) is 23.7 Å². The molecule has 36 heavy (non-hydrogen) atoms. The largest absolute Gasteiger partial charge is 0.487 e. The van der Waals surface area contributed by atoms with E-state index in [4.69, 9.17) is 4.74 Å². The second-order valence-corrected chi connectivity index (χ2v) is 11.0. The molecule has 8 nitrogen and oxygen atoms in total. The van der Waals surface area contributed by atoms with E-state index in [9.17, 15) is 14.4 Å². The highest BCUT2D eigenvalue weighted by molar-refractivity contribution is 5.93. The summed E-state index contributed by atoms with van der Waals surface area (Å²) >= 11 is 0. The fourth-order valence-electron chi connectivity index (χ4n) is 4.23. The lowest BCUT2D eigenvalue weighted by Crippen LogP contribution is -2.61. The first-order chi connectivity index (χ1) is 16.9. The average molecular weight is 501 g/mol. The van der Waals surface area contributed by atoms with Crippen molar-refractivity contribution in [3.8, 4) is 5.75 Å². The number of rotatable bonds is 8. The van der Waals surface area contributed by atoms with Crippen LogP contribution in [0.4, 0.5) is 0 Å². The summed E-state index contributed by atoms with van der Waals surface area (Å²) in [5.74, 6) is -0.0262. The quantitative estimate of drug-likeness (QED) is 0.509. The van der Waals surface area contributed by atoms with Gasteiger partial charge in [0.05, 0.1) is 6.04 Å². The van der Waals surface area contributed by atoms with Crippen molar-refractivity contribution in [2.24, 2.45) is 17.8 Å². The molecule has 0 saturated carbocycles. The molecule has 4 atom stereocenters. The fourth-order valence-corrected chi connectivity index (χ4v) is 4.23. The fraction of sp³-hybridized carbons (Fsp3) is 0.607. The van der Waals surface area contributed by atoms with Gasteiger partial charge in [0.25, 0.3) is 0 Å². The number of fused-ring (bicyclic) bond motifs is 10. The van der Waals surface area contributed by atoms with Crippen molar-refractivity contribution in [1.82, 2.24) is 20.9 Å². The molecule has 2 bridgehead atoms. The van der Waals surface area contributed by atoms with Crippen molar-refractivity contribution in [3.63, 3.8) is 0 Å². The highest BCUT2D eigenvalue weighted by Crippen LogP contribution is 2.21. The number of hydrogen-bond donors (Lipinski definition) is 3. The van der Waals surface area contributed by atoms with Crippen molar-refractivity contribution in [2.75, 3.05) is 14.1 Å². The normalized spacial score (nSPS) is 22.7. The van der Waals surface area contributed by atoms with Gasteiger partial charge in [-0.15, -0.1) is 0 Å². The van der Waals surface area contributed by atoms with E-state index >= 15 is 0 Å². The predicted octanol–water partition coefficient (Wildman–Crippen LogP) is 3.18. The van der Waals surface area contributed by atoms with E-state index in [0.29, 0.717) is 24.5 Å². The Morgan fingerprint density at radius 3 is 2.17 bits per heavy atom. The number of nitrogens with one attached hydrogen (secondary N) is 3. The van der Waals surface area contributed by atoms with Crippen molar-refractivity contribution in [2.45, 2.75) is 78.6 Å². The highest BCUT2D eigenvalue weighted by atomic mass is 16.5. The molecule has 3 N–H and O–H groups in total. The summed E-state index contributed by atoms with van der Waals surface area (Å²) in [6, 6.07) is 5.25. The molecule has 0 radical (unpaired) electrons. The first kappa shape index (κ1) is 29.4. The average Bonchev–Trinajstić information content (AvgIpc) is 2.78. The zero-order valence-corrected chi connectivity index (χ0v) is 23.0. The monoisotopic (exact) mass is 500 g/mol. The van der Waals surface area contributed by atoms with Crippen LogP contribution in [0.15, 0.2) is 30.5 Å². The second-order valence-electron chi connectivity index (χ2n) is 11.0. The molecule has 1 aromatic carbocycles. The van der Waals surface area contributed by atoms with E-state index in [1.165, 1.54) is 0 Å². The Balaban J connectivity index is 2.50. The Bertz CT molecular complexity index is 909. The maximum absolute atomic E-state index is 13.7. The lowest BCUT2D eigenvalue weighted by molar-refractivity contribution is -0.136. The first-order valence-corrected chi connectivity index (χ1v) is 12.9. The van der Waals surface area contributed by atoms with Crippen LogP contribution in [-0.2, 0) is 14.4 Å². The van der Waals surface area contributed by atoms with Gasteiger partial charge < -0.3 is 20.7 Å². The Morgan fingerprint density at radius 2 is 1.64 bits per heavy atom. The van der Waals surface area contributed by atoms with Crippen LogP contribution in [0.3, 0.4) is 0 Å². The highest BCUT2D eigenvalue weighted by Gasteiger charge is 2.38. The van der Waals surface area contributed by atoms with Gasteiger partial charge in [0.2, 0.25) is 17.7 Å². The van der Waals surface area contributed by atoms with Crippen LogP contribution in [0.5, 0.6) is 5.75 Å². The minimum Gasteiger partial charge on any atom is -0.487 e. The summed E-state index contributed by atoms with van der Waals surface area (Å²) in [7, 11) is 3.71. The molecule has 200 valence electrons. The predicted molar refractivity (Wildman–Crippen MR) is 143 cm³/mol. The van der Waals surface area contributed by atoms with Crippen molar-refractivity contribution < 1.29 is 19.1 Å². The molecular formula is C28H44N4O4. The molecule has 3 amide bonds. The van der Waals surface area contributed by atoms with Crippen LogP contribution in [0.2, 0.25) is 0 Å². The van der Waals surface area contributed by atoms with Crippen molar-refractivity contribution >= 4 is 23.8 Å². The smallest absolute Gasteiger partial charge is 0.247 e. The van der Waals surface area contributed by atoms with E-state index in [1.54, 1.807) is 12.3 Å². The number of ether oxygens (including phenoxy) is 1. The van der Waals surface area contributed by atoms with Crippen LogP contribution >= 0.6 is 0 Å². The topological polar surface area (TPSA) is 99.8 Å². The molecular weight excluding hydrogens is 456 g/mol. The molecule has 8 heteroatoms. The molecule has 0 aliphatic carbocycles. The standard InChI is InChI=1S/C28H44N4O4/c1-17(2)15-22-26(33)29-14-13-20-9-11-21(12-10-20)36-25(19(5)6)24(28(35)30-22)31-27(34)23(32(7)8)16-18(3)4/h9-14,17-19,22-25H,15-16H2,1-8H3,(H,29,33)(H,30,35)(H,31,34)/b14-13-/t22-,23-,24+,25-/m0/s1. The van der Waals surface area contributed by atoms with Gasteiger partial charge in [0.15, 0.2) is 0 Å². The molecule has 2 aliphatic heterocycles. The summed E-state index contributed by atoms with van der Waals surface area (Å²) in [5, 5.41) is 8.67. The van der Waals surface area contributed by atoms with Crippen LogP contribution in [0.25, 0.3) is 6.08 Å². The van der Waals surface area contributed by atoms with Crippen LogP contribution in [0, 0.1) is 17.8 Å². The summed E-state index contributed by atoms with van der Waals surface area (Å²) in [6.07, 6.45) is 3.82. The van der Waals surface area contributed by atoms with Gasteiger partial charge in [0.1, 0.15) is 23.9 Å².